The van der Waals surface area contributed by atoms with Crippen LogP contribution in [0.1, 0.15) is 12.5 Å². The van der Waals surface area contributed by atoms with Crippen LogP contribution in [0.5, 0.6) is 0 Å². The second kappa shape index (κ2) is 13.0. The standard InChI is InChI=1S/C27H27Cl2F3N4O7/c1-41-25-23(35-9-18(33-34-35)12-4-16(30)22(32)17(31)5-12)24(39)21(10-37)43-26(25)27(40)36(19-2-3-42-11-20(19)38)15-7-13(28)6-14(29)8-15/h4-9,19-21,23-26,37-39H,2-3,10-11H2,1H3/t19-,20-,21-,23+,24+,25-,26-/m1/s1. The Morgan fingerprint density at radius 2 is 1.81 bits per heavy atom. The number of hydrogen-bond donors (Lipinski definition) is 3. The monoisotopic (exact) mass is 646 g/mol. The summed E-state index contributed by atoms with van der Waals surface area (Å²) in [5.74, 6) is -5.24. The van der Waals surface area contributed by atoms with Crippen LogP contribution in [0.15, 0.2) is 36.5 Å². The van der Waals surface area contributed by atoms with E-state index in [1.54, 1.807) is 0 Å². The van der Waals surface area contributed by atoms with Crippen molar-refractivity contribution < 1.29 is 47.5 Å². The Kier molecular flexibility index (Phi) is 9.58. The van der Waals surface area contributed by atoms with Gasteiger partial charge >= 0.3 is 0 Å². The molecule has 232 valence electrons. The van der Waals surface area contributed by atoms with Gasteiger partial charge in [0, 0.05) is 35.0 Å². The molecule has 2 aliphatic heterocycles. The first-order valence-corrected chi connectivity index (χ1v) is 13.9. The second-order valence-corrected chi connectivity index (χ2v) is 11.0. The van der Waals surface area contributed by atoms with Crippen molar-refractivity contribution in [1.82, 2.24) is 15.0 Å². The van der Waals surface area contributed by atoms with Gasteiger partial charge in [-0.25, -0.2) is 17.9 Å². The number of amides is 1. The van der Waals surface area contributed by atoms with Crippen molar-refractivity contribution in [2.24, 2.45) is 0 Å². The maximum atomic E-state index is 14.4. The quantitative estimate of drug-likeness (QED) is 0.331. The van der Waals surface area contributed by atoms with Crippen LogP contribution in [0.25, 0.3) is 11.3 Å². The number of carbonyl (C=O) groups excluding carboxylic acids is 1. The number of methoxy groups -OCH3 is 1. The summed E-state index contributed by atoms with van der Waals surface area (Å²) in [6.07, 6.45) is -5.20. The van der Waals surface area contributed by atoms with Crippen molar-refractivity contribution >= 4 is 34.8 Å². The van der Waals surface area contributed by atoms with Crippen LogP contribution in [-0.4, -0.2) is 99.7 Å². The van der Waals surface area contributed by atoms with Crippen LogP contribution in [0.3, 0.4) is 0 Å². The van der Waals surface area contributed by atoms with Gasteiger partial charge in [-0.1, -0.05) is 28.4 Å². The molecule has 0 aliphatic carbocycles. The van der Waals surface area contributed by atoms with Crippen molar-refractivity contribution in [3.05, 3.63) is 64.0 Å². The first kappa shape index (κ1) is 31.6. The van der Waals surface area contributed by atoms with Crippen molar-refractivity contribution in [1.29, 1.82) is 0 Å². The summed E-state index contributed by atoms with van der Waals surface area (Å²) in [6.45, 7) is -0.516. The van der Waals surface area contributed by atoms with Crippen LogP contribution in [-0.2, 0) is 19.0 Å². The molecule has 0 unspecified atom stereocenters. The third-order valence-electron chi connectivity index (χ3n) is 7.46. The molecule has 2 aromatic carbocycles. The van der Waals surface area contributed by atoms with Gasteiger partial charge in [0.05, 0.1) is 31.6 Å². The molecule has 3 N–H and O–H groups in total. The number of aliphatic hydroxyl groups excluding tert-OH is 3. The zero-order valence-corrected chi connectivity index (χ0v) is 24.0. The molecule has 43 heavy (non-hydrogen) atoms. The molecule has 0 saturated carbocycles. The van der Waals surface area contributed by atoms with Crippen LogP contribution >= 0.6 is 23.2 Å². The molecule has 3 aromatic rings. The lowest BCUT2D eigenvalue weighted by Gasteiger charge is -2.46. The van der Waals surface area contributed by atoms with Gasteiger partial charge in [0.15, 0.2) is 23.6 Å². The topological polar surface area (TPSA) is 139 Å². The lowest BCUT2D eigenvalue weighted by Crippen LogP contribution is -2.63. The third kappa shape index (κ3) is 6.24. The number of anilines is 1. The minimum absolute atomic E-state index is 0.0467. The third-order valence-corrected chi connectivity index (χ3v) is 7.90. The summed E-state index contributed by atoms with van der Waals surface area (Å²) >= 11 is 12.5. The van der Waals surface area contributed by atoms with E-state index in [4.69, 9.17) is 37.4 Å². The molecular weight excluding hydrogens is 620 g/mol. The molecule has 0 spiro atoms. The highest BCUT2D eigenvalue weighted by atomic mass is 35.5. The van der Waals surface area contributed by atoms with Crippen LogP contribution in [0.2, 0.25) is 10.0 Å². The van der Waals surface area contributed by atoms with Crippen LogP contribution in [0, 0.1) is 17.5 Å². The molecule has 5 rings (SSSR count). The Labute approximate surface area is 253 Å². The van der Waals surface area contributed by atoms with Crippen LogP contribution < -0.4 is 4.90 Å². The molecule has 0 bridgehead atoms. The van der Waals surface area contributed by atoms with Crippen molar-refractivity contribution in [3.8, 4) is 11.3 Å². The summed E-state index contributed by atoms with van der Waals surface area (Å²) in [7, 11) is 1.26. The van der Waals surface area contributed by atoms with E-state index in [-0.39, 0.29) is 46.6 Å². The fourth-order valence-corrected chi connectivity index (χ4v) is 5.94. The number of hydrogen-bond acceptors (Lipinski definition) is 9. The van der Waals surface area contributed by atoms with E-state index in [1.165, 1.54) is 36.4 Å². The summed E-state index contributed by atoms with van der Waals surface area (Å²) in [4.78, 5) is 15.6. The molecular formula is C27H27Cl2F3N4O7. The molecule has 11 nitrogen and oxygen atoms in total. The number of benzene rings is 2. The summed E-state index contributed by atoms with van der Waals surface area (Å²) in [5, 5.41) is 40.4. The predicted molar refractivity (Wildman–Crippen MR) is 146 cm³/mol. The van der Waals surface area contributed by atoms with E-state index in [0.29, 0.717) is 0 Å². The molecule has 1 amide bonds. The van der Waals surface area contributed by atoms with Crippen molar-refractivity contribution in [2.45, 2.75) is 49.0 Å². The van der Waals surface area contributed by atoms with Gasteiger partial charge in [0.25, 0.3) is 5.91 Å². The maximum absolute atomic E-state index is 14.4. The Morgan fingerprint density at radius 1 is 1.14 bits per heavy atom. The second-order valence-electron chi connectivity index (χ2n) is 10.1. The number of aliphatic hydroxyl groups is 3. The Hall–Kier alpha value is -2.82. The fraction of sp³-hybridized carbons (Fsp3) is 0.444. The van der Waals surface area contributed by atoms with E-state index in [0.717, 1.165) is 16.8 Å². The van der Waals surface area contributed by atoms with E-state index >= 15 is 0 Å². The van der Waals surface area contributed by atoms with Gasteiger partial charge in [0.2, 0.25) is 0 Å². The smallest absolute Gasteiger partial charge is 0.259 e. The van der Waals surface area contributed by atoms with Gasteiger partial charge in [-0.05, 0) is 36.8 Å². The Morgan fingerprint density at radius 3 is 2.42 bits per heavy atom. The van der Waals surface area contributed by atoms with Gasteiger partial charge in [-0.2, -0.15) is 0 Å². The SMILES string of the molecule is CO[C@@H]1[C@@H](n2cc(-c3cc(F)c(F)c(F)c3)nn2)[C@@H](O)[C@@H](CO)O[C@H]1C(=O)N(c1cc(Cl)cc(Cl)c1)[C@@H]1CCOC[C@H]1O. The normalized spacial score (nSPS) is 27.7. The van der Waals surface area contributed by atoms with Gasteiger partial charge in [0.1, 0.15) is 30.0 Å². The summed E-state index contributed by atoms with van der Waals surface area (Å²) in [6, 6.07) is 3.90. The summed E-state index contributed by atoms with van der Waals surface area (Å²) < 4.78 is 59.3. The first-order valence-electron chi connectivity index (χ1n) is 13.1. The lowest BCUT2D eigenvalue weighted by atomic mass is 9.90. The van der Waals surface area contributed by atoms with E-state index in [1.807, 2.05) is 0 Å². The predicted octanol–water partition coefficient (Wildman–Crippen LogP) is 2.53. The van der Waals surface area contributed by atoms with Gasteiger partial charge < -0.3 is 34.4 Å². The number of nitrogens with zero attached hydrogens (tertiary/aromatic N) is 4. The minimum Gasteiger partial charge on any atom is -0.394 e. The highest BCUT2D eigenvalue weighted by molar-refractivity contribution is 6.35. The molecule has 7 atom stereocenters. The largest absolute Gasteiger partial charge is 0.394 e. The molecule has 2 saturated heterocycles. The highest BCUT2D eigenvalue weighted by Gasteiger charge is 2.52. The Balaban J connectivity index is 1.55. The van der Waals surface area contributed by atoms with Crippen LogP contribution in [0.4, 0.5) is 18.9 Å². The molecule has 2 aliphatic rings. The maximum Gasteiger partial charge on any atom is 0.259 e. The molecule has 1 aromatic heterocycles. The first-order chi connectivity index (χ1) is 20.5. The van der Waals surface area contributed by atoms with Crippen molar-refractivity contribution in [3.63, 3.8) is 0 Å². The average Bonchev–Trinajstić information content (AvgIpc) is 3.45. The molecule has 16 heteroatoms. The number of carbonyl (C=O) groups is 1. The van der Waals surface area contributed by atoms with Gasteiger partial charge in [-0.3, -0.25) is 4.79 Å². The summed E-state index contributed by atoms with van der Waals surface area (Å²) in [5.41, 5.74) is 0.0378. The van der Waals surface area contributed by atoms with Gasteiger partial charge in [-0.15, -0.1) is 5.10 Å². The zero-order valence-electron chi connectivity index (χ0n) is 22.5. The zero-order chi connectivity index (χ0) is 31.0. The fourth-order valence-electron chi connectivity index (χ4n) is 5.43. The van der Waals surface area contributed by atoms with E-state index in [9.17, 15) is 33.3 Å². The number of ether oxygens (including phenoxy) is 3. The molecule has 3 heterocycles. The minimum atomic E-state index is -1.65. The number of aromatic nitrogens is 3. The number of rotatable bonds is 7. The Bertz CT molecular complexity index is 1440. The molecule has 2 fully saturated rings. The average molecular weight is 647 g/mol. The van der Waals surface area contributed by atoms with E-state index in [2.05, 4.69) is 10.3 Å². The lowest BCUT2D eigenvalue weighted by molar-refractivity contribution is -0.211. The highest BCUT2D eigenvalue weighted by Crippen LogP contribution is 2.37. The number of halogens is 5. The molecule has 0 radical (unpaired) electrons. The van der Waals surface area contributed by atoms with E-state index < -0.39 is 72.6 Å². The van der Waals surface area contributed by atoms with Crippen molar-refractivity contribution in [2.75, 3.05) is 31.8 Å².